The van der Waals surface area contributed by atoms with E-state index in [1.807, 2.05) is 0 Å². The Morgan fingerprint density at radius 1 is 1.00 bits per heavy atom. The Labute approximate surface area is 201 Å². The molecular formula is C25H33N3O5S. The number of nitrogens with zero attached hydrogens (tertiary/aromatic N) is 3. The molecule has 2 aromatic rings. The van der Waals surface area contributed by atoms with Crippen molar-refractivity contribution < 1.29 is 22.4 Å². The van der Waals surface area contributed by atoms with E-state index in [1.165, 1.54) is 27.9 Å². The number of carbonyl (C=O) groups is 1. The van der Waals surface area contributed by atoms with Crippen molar-refractivity contribution >= 4 is 21.7 Å². The van der Waals surface area contributed by atoms with Crippen molar-refractivity contribution in [2.45, 2.75) is 43.8 Å². The predicted molar refractivity (Wildman–Crippen MR) is 128 cm³/mol. The van der Waals surface area contributed by atoms with Crippen molar-refractivity contribution in [1.29, 1.82) is 0 Å². The smallest absolute Gasteiger partial charge is 0.312 e. The fourth-order valence-corrected chi connectivity index (χ4v) is 6.76. The molecule has 0 saturated carbocycles. The van der Waals surface area contributed by atoms with Crippen molar-refractivity contribution in [2.24, 2.45) is 5.41 Å². The van der Waals surface area contributed by atoms with Gasteiger partial charge in [-0.15, -0.1) is 0 Å². The number of esters is 1. The quantitative estimate of drug-likeness (QED) is 0.580. The number of carbonyl (C=O) groups excluding carboxylic acids is 1. The molecular weight excluding hydrogens is 454 g/mol. The summed E-state index contributed by atoms with van der Waals surface area (Å²) in [6, 6.07) is 11.7. The number of hydrogen-bond donors (Lipinski definition) is 0. The summed E-state index contributed by atoms with van der Waals surface area (Å²) in [7, 11) is -3.64. The summed E-state index contributed by atoms with van der Waals surface area (Å²) >= 11 is 0. The van der Waals surface area contributed by atoms with Crippen molar-refractivity contribution in [3.63, 3.8) is 0 Å². The van der Waals surface area contributed by atoms with Crippen LogP contribution >= 0.6 is 0 Å². The normalized spacial score (nSPS) is 24.0. The Bertz CT molecular complexity index is 1080. The first-order valence-corrected chi connectivity index (χ1v) is 13.6. The zero-order valence-corrected chi connectivity index (χ0v) is 20.5. The van der Waals surface area contributed by atoms with E-state index in [0.717, 1.165) is 39.1 Å². The van der Waals surface area contributed by atoms with Crippen molar-refractivity contribution in [3.8, 4) is 0 Å². The monoisotopic (exact) mass is 487 g/mol. The predicted octanol–water partition coefficient (Wildman–Crippen LogP) is 2.89. The van der Waals surface area contributed by atoms with Crippen LogP contribution in [0.5, 0.6) is 0 Å². The summed E-state index contributed by atoms with van der Waals surface area (Å²) in [5.41, 5.74) is 2.00. The van der Waals surface area contributed by atoms with Crippen LogP contribution < -0.4 is 4.90 Å². The summed E-state index contributed by atoms with van der Waals surface area (Å²) in [5.74, 6) is -0.156. The number of ether oxygens (including phenoxy) is 1. The van der Waals surface area contributed by atoms with Gasteiger partial charge in [0.2, 0.25) is 5.09 Å². The highest BCUT2D eigenvalue weighted by Gasteiger charge is 2.51. The lowest BCUT2D eigenvalue weighted by molar-refractivity contribution is -0.150. The van der Waals surface area contributed by atoms with E-state index in [0.29, 0.717) is 32.4 Å². The molecule has 5 rings (SSSR count). The molecule has 1 spiro atoms. The van der Waals surface area contributed by atoms with Gasteiger partial charge in [0, 0.05) is 57.9 Å². The highest BCUT2D eigenvalue weighted by atomic mass is 32.2. The lowest BCUT2D eigenvalue weighted by Crippen LogP contribution is -2.47. The number of cyclic esters (lactones) is 1. The Kier molecular flexibility index (Phi) is 6.43. The number of piperazine rings is 1. The molecule has 0 amide bonds. The van der Waals surface area contributed by atoms with E-state index in [2.05, 4.69) is 41.0 Å². The molecule has 0 radical (unpaired) electrons. The lowest BCUT2D eigenvalue weighted by Gasteiger charge is -2.36. The van der Waals surface area contributed by atoms with Gasteiger partial charge in [-0.25, -0.2) is 8.42 Å². The Morgan fingerprint density at radius 2 is 1.71 bits per heavy atom. The van der Waals surface area contributed by atoms with Crippen LogP contribution in [-0.2, 0) is 19.6 Å². The summed E-state index contributed by atoms with van der Waals surface area (Å²) in [4.78, 5) is 17.7. The summed E-state index contributed by atoms with van der Waals surface area (Å²) in [5, 5.41) is -0.0437. The fourth-order valence-electron chi connectivity index (χ4n) is 5.41. The number of rotatable bonds is 6. The standard InChI is InChI=1S/C25H33N3O5S/c1-20-4-6-21(7-5-20)27-16-14-26(15-17-27)11-8-22-19-25(24(29)33-22)9-12-28(13-10-25)34(30,31)23-3-2-18-32-23/h2-7,18,22H,8-17,19H2,1H3. The molecule has 1 unspecified atom stereocenters. The van der Waals surface area contributed by atoms with Gasteiger partial charge in [-0.05, 0) is 50.5 Å². The van der Waals surface area contributed by atoms with Gasteiger partial charge in [-0.2, -0.15) is 4.31 Å². The third-order valence-electron chi connectivity index (χ3n) is 7.63. The van der Waals surface area contributed by atoms with Gasteiger partial charge in [0.15, 0.2) is 0 Å². The molecule has 184 valence electrons. The van der Waals surface area contributed by atoms with E-state index in [9.17, 15) is 13.2 Å². The molecule has 4 heterocycles. The van der Waals surface area contributed by atoms with Crippen molar-refractivity contribution in [3.05, 3.63) is 48.2 Å². The van der Waals surface area contributed by atoms with E-state index < -0.39 is 15.4 Å². The minimum absolute atomic E-state index is 0.0437. The molecule has 3 aliphatic heterocycles. The molecule has 8 nitrogen and oxygen atoms in total. The van der Waals surface area contributed by atoms with Gasteiger partial charge >= 0.3 is 5.97 Å². The number of sulfonamides is 1. The molecule has 1 atom stereocenters. The molecule has 3 fully saturated rings. The maximum Gasteiger partial charge on any atom is 0.312 e. The number of benzene rings is 1. The van der Waals surface area contributed by atoms with Gasteiger partial charge in [-0.3, -0.25) is 9.69 Å². The molecule has 0 bridgehead atoms. The van der Waals surface area contributed by atoms with Gasteiger partial charge in [0.25, 0.3) is 10.0 Å². The lowest BCUT2D eigenvalue weighted by atomic mass is 9.76. The Balaban J connectivity index is 1.09. The van der Waals surface area contributed by atoms with Gasteiger partial charge in [-0.1, -0.05) is 17.7 Å². The van der Waals surface area contributed by atoms with Crippen molar-refractivity contribution in [2.75, 3.05) is 50.7 Å². The van der Waals surface area contributed by atoms with Gasteiger partial charge < -0.3 is 14.1 Å². The highest BCUT2D eigenvalue weighted by Crippen LogP contribution is 2.44. The van der Waals surface area contributed by atoms with Crippen LogP contribution in [-0.4, -0.2) is 75.5 Å². The SMILES string of the molecule is Cc1ccc(N2CCN(CCC3CC4(CCN(S(=O)(=O)c5ccco5)CC4)C(=O)O3)CC2)cc1. The van der Waals surface area contributed by atoms with Crippen LogP contribution in [0.25, 0.3) is 0 Å². The van der Waals surface area contributed by atoms with Crippen LogP contribution in [0.15, 0.2) is 52.2 Å². The Hall–Kier alpha value is -2.36. The highest BCUT2D eigenvalue weighted by molar-refractivity contribution is 7.89. The number of piperidine rings is 1. The largest absolute Gasteiger partial charge is 0.462 e. The van der Waals surface area contributed by atoms with Crippen LogP contribution in [0.4, 0.5) is 5.69 Å². The second-order valence-electron chi connectivity index (χ2n) is 9.80. The zero-order chi connectivity index (χ0) is 23.8. The molecule has 3 saturated heterocycles. The number of anilines is 1. The average molecular weight is 488 g/mol. The van der Waals surface area contributed by atoms with E-state index in [1.54, 1.807) is 6.07 Å². The zero-order valence-electron chi connectivity index (χ0n) is 19.7. The summed E-state index contributed by atoms with van der Waals surface area (Å²) in [6.07, 6.45) is 3.78. The average Bonchev–Trinajstić information content (AvgIpc) is 3.49. The summed E-state index contributed by atoms with van der Waals surface area (Å²) < 4.78 is 37.7. The van der Waals surface area contributed by atoms with Crippen LogP contribution in [0.3, 0.4) is 0 Å². The second-order valence-corrected chi connectivity index (χ2v) is 11.7. The Morgan fingerprint density at radius 3 is 2.35 bits per heavy atom. The number of aryl methyl sites for hydroxylation is 1. The first-order chi connectivity index (χ1) is 16.4. The van der Waals surface area contributed by atoms with E-state index in [-0.39, 0.29) is 17.2 Å². The van der Waals surface area contributed by atoms with Crippen LogP contribution in [0.1, 0.15) is 31.2 Å². The summed E-state index contributed by atoms with van der Waals surface area (Å²) in [6.45, 7) is 7.63. The van der Waals surface area contributed by atoms with E-state index in [4.69, 9.17) is 9.15 Å². The topological polar surface area (TPSA) is 83.3 Å². The minimum atomic E-state index is -3.64. The first kappa shape index (κ1) is 23.4. The third-order valence-corrected chi connectivity index (χ3v) is 9.42. The molecule has 0 aliphatic carbocycles. The number of hydrogen-bond acceptors (Lipinski definition) is 7. The minimum Gasteiger partial charge on any atom is -0.462 e. The maximum atomic E-state index is 12.8. The van der Waals surface area contributed by atoms with Gasteiger partial charge in [0.05, 0.1) is 11.7 Å². The fraction of sp³-hybridized carbons (Fsp3) is 0.560. The molecule has 1 aromatic carbocycles. The van der Waals surface area contributed by atoms with Crippen LogP contribution in [0, 0.1) is 12.3 Å². The number of furan rings is 1. The van der Waals surface area contributed by atoms with Crippen molar-refractivity contribution in [1.82, 2.24) is 9.21 Å². The van der Waals surface area contributed by atoms with E-state index >= 15 is 0 Å². The van der Waals surface area contributed by atoms with Crippen LogP contribution in [0.2, 0.25) is 0 Å². The molecule has 0 N–H and O–H groups in total. The maximum absolute atomic E-state index is 12.8. The molecule has 1 aromatic heterocycles. The van der Waals surface area contributed by atoms with Gasteiger partial charge in [0.1, 0.15) is 6.10 Å². The first-order valence-electron chi connectivity index (χ1n) is 12.1. The third kappa shape index (κ3) is 4.61. The second kappa shape index (κ2) is 9.36. The molecule has 9 heteroatoms. The molecule has 34 heavy (non-hydrogen) atoms. The molecule has 3 aliphatic rings.